The van der Waals surface area contributed by atoms with E-state index in [1.54, 1.807) is 24.3 Å². The molecule has 1 aromatic carbocycles. The Bertz CT molecular complexity index is 398. The number of hydrogen-bond acceptors (Lipinski definition) is 3. The number of carbonyl (C=O) groups is 2. The van der Waals surface area contributed by atoms with Crippen LogP contribution in [0.15, 0.2) is 29.3 Å². The molecule has 1 aliphatic heterocycles. The van der Waals surface area contributed by atoms with E-state index in [1.807, 2.05) is 0 Å². The van der Waals surface area contributed by atoms with Crippen molar-refractivity contribution in [1.29, 1.82) is 0 Å². The summed E-state index contributed by atoms with van der Waals surface area (Å²) in [4.78, 5) is 25.9. The van der Waals surface area contributed by atoms with E-state index in [-0.39, 0.29) is 12.4 Å². The molecule has 0 N–H and O–H groups in total. The molecule has 4 heteroatoms. The maximum Gasteiger partial charge on any atom is 0.244 e. The molecule has 0 saturated heterocycles. The lowest BCUT2D eigenvalue weighted by Crippen LogP contribution is -2.18. The van der Waals surface area contributed by atoms with Gasteiger partial charge in [-0.05, 0) is 12.1 Å². The largest absolute Gasteiger partial charge is 0.285 e. The summed E-state index contributed by atoms with van der Waals surface area (Å²) < 4.78 is 0. The summed E-state index contributed by atoms with van der Waals surface area (Å²) in [5, 5.41) is 0. The van der Waals surface area contributed by atoms with E-state index >= 15 is 0 Å². The molecule has 0 amide bonds. The second kappa shape index (κ2) is 3.49. The Kier molecular flexibility index (Phi) is 2.58. The van der Waals surface area contributed by atoms with Gasteiger partial charge >= 0.3 is 0 Å². The number of nitrogens with zero attached hydrogens (tertiary/aromatic N) is 1. The minimum absolute atomic E-state index is 0. The lowest BCUT2D eigenvalue weighted by molar-refractivity contribution is -0.109. The van der Waals surface area contributed by atoms with Gasteiger partial charge in [0.1, 0.15) is 0 Å². The Labute approximate surface area is 80.9 Å². The number of para-hydroxylation sites is 1. The average molecular weight is 196 g/mol. The lowest BCUT2D eigenvalue weighted by Gasteiger charge is -2.05. The van der Waals surface area contributed by atoms with Gasteiger partial charge < -0.3 is 0 Å². The van der Waals surface area contributed by atoms with E-state index in [9.17, 15) is 9.59 Å². The lowest BCUT2D eigenvalue weighted by atomic mass is 10.0. The summed E-state index contributed by atoms with van der Waals surface area (Å²) in [6, 6.07) is 6.80. The summed E-state index contributed by atoms with van der Waals surface area (Å²) in [5.74, 6) is -1.02. The van der Waals surface area contributed by atoms with Crippen molar-refractivity contribution >= 4 is 35.9 Å². The molecule has 0 aliphatic carbocycles. The molecule has 0 spiro atoms. The Morgan fingerprint density at radius 2 is 1.77 bits per heavy atom. The predicted octanol–water partition coefficient (Wildman–Crippen LogP) is 1.58. The number of halogens is 1. The van der Waals surface area contributed by atoms with Gasteiger partial charge in [-0.1, -0.05) is 12.1 Å². The number of Topliss-reactive ketones (excluding diaryl/α,β-unsaturated/α-hetero) is 2. The molecule has 66 valence electrons. The van der Waals surface area contributed by atoms with Crippen molar-refractivity contribution in [1.82, 2.24) is 0 Å². The first kappa shape index (κ1) is 9.61. The maximum atomic E-state index is 11.2. The summed E-state index contributed by atoms with van der Waals surface area (Å²) >= 11 is 0. The van der Waals surface area contributed by atoms with Crippen molar-refractivity contribution in [2.24, 2.45) is 4.99 Å². The smallest absolute Gasteiger partial charge is 0.244 e. The highest BCUT2D eigenvalue weighted by Gasteiger charge is 2.20. The Hall–Kier alpha value is -1.48. The zero-order valence-electron chi connectivity index (χ0n) is 6.56. The van der Waals surface area contributed by atoms with Crippen LogP contribution in [-0.2, 0) is 4.79 Å². The van der Waals surface area contributed by atoms with Crippen molar-refractivity contribution in [3.05, 3.63) is 29.8 Å². The molecule has 2 rings (SSSR count). The van der Waals surface area contributed by atoms with Gasteiger partial charge in [-0.15, -0.1) is 12.4 Å². The molecule has 3 nitrogen and oxygen atoms in total. The number of fused-ring (bicyclic) bond motifs is 1. The van der Waals surface area contributed by atoms with Crippen molar-refractivity contribution in [2.45, 2.75) is 0 Å². The number of aliphatic imine (C=N–C) groups is 1. The Morgan fingerprint density at radius 3 is 2.54 bits per heavy atom. The fraction of sp³-hybridized carbons (Fsp3) is 0. The zero-order valence-corrected chi connectivity index (χ0v) is 7.38. The van der Waals surface area contributed by atoms with Crippen LogP contribution in [0.4, 0.5) is 5.69 Å². The summed E-state index contributed by atoms with van der Waals surface area (Å²) in [5.41, 5.74) is 0.965. The van der Waals surface area contributed by atoms with Crippen LogP contribution in [0.5, 0.6) is 0 Å². The van der Waals surface area contributed by atoms with Gasteiger partial charge in [0.05, 0.1) is 17.5 Å². The van der Waals surface area contributed by atoms with Crippen LogP contribution in [0, 0.1) is 0 Å². The highest BCUT2D eigenvalue weighted by Crippen LogP contribution is 2.21. The highest BCUT2D eigenvalue weighted by molar-refractivity contribution is 6.64. The van der Waals surface area contributed by atoms with E-state index < -0.39 is 11.6 Å². The molecule has 13 heavy (non-hydrogen) atoms. The second-order valence-electron chi connectivity index (χ2n) is 2.47. The van der Waals surface area contributed by atoms with Gasteiger partial charge in [0.2, 0.25) is 11.6 Å². The minimum Gasteiger partial charge on any atom is -0.285 e. The molecule has 1 heterocycles. The quantitative estimate of drug-likeness (QED) is 0.590. The molecule has 0 bridgehead atoms. The van der Waals surface area contributed by atoms with Gasteiger partial charge in [0, 0.05) is 0 Å². The van der Waals surface area contributed by atoms with E-state index in [1.165, 1.54) is 0 Å². The van der Waals surface area contributed by atoms with Gasteiger partial charge in [0.15, 0.2) is 0 Å². The molecular formula is C9H6ClNO2. The van der Waals surface area contributed by atoms with Gasteiger partial charge in [0.25, 0.3) is 0 Å². The summed E-state index contributed by atoms with van der Waals surface area (Å²) in [6.45, 7) is 0. The van der Waals surface area contributed by atoms with E-state index in [2.05, 4.69) is 4.99 Å². The SMILES string of the molecule is Cl.O=C1C=Nc2ccccc2C1=O. The van der Waals surface area contributed by atoms with E-state index in [4.69, 9.17) is 0 Å². The van der Waals surface area contributed by atoms with Gasteiger partial charge in [-0.3, -0.25) is 14.6 Å². The second-order valence-corrected chi connectivity index (χ2v) is 2.47. The molecule has 0 atom stereocenters. The standard InChI is InChI=1S/C9H5NO2.ClH/c11-8-5-10-7-4-2-1-3-6(7)9(8)12;/h1-5H;1H. The normalized spacial score (nSPS) is 13.5. The van der Waals surface area contributed by atoms with Crippen LogP contribution in [-0.4, -0.2) is 17.8 Å². The third-order valence-corrected chi connectivity index (χ3v) is 1.69. The predicted molar refractivity (Wildman–Crippen MR) is 51.2 cm³/mol. The van der Waals surface area contributed by atoms with Crippen LogP contribution in [0.2, 0.25) is 0 Å². The topological polar surface area (TPSA) is 46.5 Å². The van der Waals surface area contributed by atoms with Crippen molar-refractivity contribution in [3.63, 3.8) is 0 Å². The molecule has 0 radical (unpaired) electrons. The first-order valence-electron chi connectivity index (χ1n) is 3.51. The van der Waals surface area contributed by atoms with Crippen LogP contribution < -0.4 is 0 Å². The fourth-order valence-electron chi connectivity index (χ4n) is 1.10. The highest BCUT2D eigenvalue weighted by atomic mass is 35.5. The maximum absolute atomic E-state index is 11.2. The van der Waals surface area contributed by atoms with Crippen LogP contribution >= 0.6 is 12.4 Å². The molecule has 0 fully saturated rings. The molecule has 1 aliphatic rings. The third kappa shape index (κ3) is 1.51. The first-order valence-corrected chi connectivity index (χ1v) is 3.51. The molecule has 0 unspecified atom stereocenters. The fourth-order valence-corrected chi connectivity index (χ4v) is 1.10. The zero-order chi connectivity index (χ0) is 8.55. The van der Waals surface area contributed by atoms with Crippen LogP contribution in [0.25, 0.3) is 0 Å². The number of ketones is 2. The summed E-state index contributed by atoms with van der Waals surface area (Å²) in [7, 11) is 0. The number of rotatable bonds is 0. The van der Waals surface area contributed by atoms with Crippen LogP contribution in [0.3, 0.4) is 0 Å². The van der Waals surface area contributed by atoms with Crippen LogP contribution in [0.1, 0.15) is 10.4 Å². The minimum atomic E-state index is -0.547. The Morgan fingerprint density at radius 1 is 1.08 bits per heavy atom. The average Bonchev–Trinajstić information content (AvgIpc) is 2.12. The van der Waals surface area contributed by atoms with Crippen molar-refractivity contribution in [3.8, 4) is 0 Å². The third-order valence-electron chi connectivity index (χ3n) is 1.69. The van der Waals surface area contributed by atoms with E-state index in [0.717, 1.165) is 6.21 Å². The number of benzene rings is 1. The monoisotopic (exact) mass is 195 g/mol. The van der Waals surface area contributed by atoms with Gasteiger partial charge in [-0.25, -0.2) is 0 Å². The molecule has 0 aromatic heterocycles. The number of hydrogen-bond donors (Lipinski definition) is 0. The molecule has 1 aromatic rings. The summed E-state index contributed by atoms with van der Waals surface area (Å²) in [6.07, 6.45) is 1.06. The van der Waals surface area contributed by atoms with Gasteiger partial charge in [-0.2, -0.15) is 0 Å². The molecular weight excluding hydrogens is 190 g/mol. The Balaban J connectivity index is 0.000000845. The molecule has 0 saturated carbocycles. The number of carbonyl (C=O) groups excluding carboxylic acids is 2. The van der Waals surface area contributed by atoms with Crippen molar-refractivity contribution < 1.29 is 9.59 Å². The van der Waals surface area contributed by atoms with E-state index in [0.29, 0.717) is 11.3 Å². The van der Waals surface area contributed by atoms with Crippen molar-refractivity contribution in [2.75, 3.05) is 0 Å². The first-order chi connectivity index (χ1) is 5.79.